The molecule has 0 spiro atoms. The van der Waals surface area contributed by atoms with E-state index in [-0.39, 0.29) is 5.54 Å². The largest absolute Gasteiger partial charge is 0.497 e. The third-order valence-corrected chi connectivity index (χ3v) is 4.73. The average Bonchev–Trinajstić information content (AvgIpc) is 2.58. The lowest BCUT2D eigenvalue weighted by Gasteiger charge is -2.28. The zero-order valence-corrected chi connectivity index (χ0v) is 15.5. The smallest absolute Gasteiger partial charge is 0.150 e. The van der Waals surface area contributed by atoms with E-state index in [2.05, 4.69) is 11.8 Å². The van der Waals surface area contributed by atoms with Crippen LogP contribution in [-0.2, 0) is 5.60 Å². The predicted molar refractivity (Wildman–Crippen MR) is 100 cm³/mol. The van der Waals surface area contributed by atoms with Gasteiger partial charge in [0, 0.05) is 0 Å². The zero-order chi connectivity index (χ0) is 18.0. The van der Waals surface area contributed by atoms with Crippen molar-refractivity contribution in [2.75, 3.05) is 21.2 Å². The Morgan fingerprint density at radius 3 is 2.25 bits per heavy atom. The molecular weight excluding hydrogens is 298 g/mol. The molecule has 2 aromatic carbocycles. The number of fused-ring (bicyclic) bond motifs is 1. The van der Waals surface area contributed by atoms with Crippen LogP contribution in [0.15, 0.2) is 36.4 Å². The number of hydrogen-bond donors (Lipinski definition) is 1. The van der Waals surface area contributed by atoms with Crippen LogP contribution in [0.3, 0.4) is 0 Å². The second-order valence-corrected chi connectivity index (χ2v) is 6.85. The molecule has 128 valence electrons. The fourth-order valence-corrected chi connectivity index (χ4v) is 2.34. The Labute approximate surface area is 145 Å². The van der Waals surface area contributed by atoms with Crippen LogP contribution in [0.1, 0.15) is 32.8 Å². The van der Waals surface area contributed by atoms with Crippen LogP contribution in [0.5, 0.6) is 5.75 Å². The molecule has 0 amide bonds. The lowest BCUT2D eigenvalue weighted by molar-refractivity contribution is 0.0953. The Balaban J connectivity index is 2.46. The molecule has 0 aliphatic carbocycles. The first-order valence-electron chi connectivity index (χ1n) is 8.24. The zero-order valence-electron chi connectivity index (χ0n) is 15.5. The highest BCUT2D eigenvalue weighted by molar-refractivity contribution is 5.84. The van der Waals surface area contributed by atoms with Gasteiger partial charge in [-0.05, 0) is 68.9 Å². The third-order valence-electron chi connectivity index (χ3n) is 4.73. The molecule has 0 aliphatic rings. The van der Waals surface area contributed by atoms with Gasteiger partial charge in [0.1, 0.15) is 5.75 Å². The van der Waals surface area contributed by atoms with Crippen molar-refractivity contribution < 1.29 is 9.84 Å². The van der Waals surface area contributed by atoms with E-state index in [4.69, 9.17) is 4.74 Å². The van der Waals surface area contributed by atoms with E-state index in [9.17, 15) is 5.11 Å². The van der Waals surface area contributed by atoms with E-state index >= 15 is 0 Å². The third kappa shape index (κ3) is 3.72. The fourth-order valence-electron chi connectivity index (χ4n) is 2.34. The first-order valence-corrected chi connectivity index (χ1v) is 8.24. The summed E-state index contributed by atoms with van der Waals surface area (Å²) in [6.45, 7) is 6.04. The summed E-state index contributed by atoms with van der Waals surface area (Å²) in [4.78, 5) is 2.04. The molecule has 0 bridgehead atoms. The van der Waals surface area contributed by atoms with Gasteiger partial charge in [0.2, 0.25) is 0 Å². The summed E-state index contributed by atoms with van der Waals surface area (Å²) in [6, 6.07) is 11.9. The van der Waals surface area contributed by atoms with Gasteiger partial charge in [0.15, 0.2) is 5.60 Å². The number of benzene rings is 2. The van der Waals surface area contributed by atoms with Crippen molar-refractivity contribution in [1.29, 1.82) is 0 Å². The first kappa shape index (κ1) is 18.3. The van der Waals surface area contributed by atoms with E-state index in [0.717, 1.165) is 22.1 Å². The van der Waals surface area contributed by atoms with Crippen molar-refractivity contribution in [3.63, 3.8) is 0 Å². The minimum atomic E-state index is -1.15. The van der Waals surface area contributed by atoms with E-state index in [1.165, 1.54) is 0 Å². The summed E-state index contributed by atoms with van der Waals surface area (Å²) < 4.78 is 5.26. The normalized spacial score (nSPS) is 14.2. The SMILES string of the molecule is CCC(O)(C#CC(C)(C)N(C)C)c1ccc2cc(OC)ccc2c1. The second-order valence-electron chi connectivity index (χ2n) is 6.85. The standard InChI is InChI=1S/C21H27NO2/c1-7-21(23,13-12-20(2,3)22(4)5)18-10-8-17-15-19(24-6)11-9-16(17)14-18/h8-11,14-15,23H,7H2,1-6H3. The van der Waals surface area contributed by atoms with Gasteiger partial charge in [-0.2, -0.15) is 0 Å². The van der Waals surface area contributed by atoms with Crippen molar-refractivity contribution in [3.8, 4) is 17.6 Å². The van der Waals surface area contributed by atoms with Gasteiger partial charge in [-0.1, -0.05) is 37.0 Å². The minimum absolute atomic E-state index is 0.298. The number of hydrogen-bond acceptors (Lipinski definition) is 3. The summed E-state index contributed by atoms with van der Waals surface area (Å²) >= 11 is 0. The second kappa shape index (κ2) is 6.84. The van der Waals surface area contributed by atoms with Gasteiger partial charge < -0.3 is 9.84 Å². The Hall–Kier alpha value is -2.02. The molecule has 0 saturated carbocycles. The molecule has 24 heavy (non-hydrogen) atoms. The quantitative estimate of drug-likeness (QED) is 0.868. The molecule has 0 heterocycles. The van der Waals surface area contributed by atoms with Crippen molar-refractivity contribution in [1.82, 2.24) is 4.90 Å². The fraction of sp³-hybridized carbons (Fsp3) is 0.429. The summed E-state index contributed by atoms with van der Waals surface area (Å²) in [6.07, 6.45) is 0.533. The highest BCUT2D eigenvalue weighted by atomic mass is 16.5. The molecule has 3 heteroatoms. The molecule has 0 aromatic heterocycles. The highest BCUT2D eigenvalue weighted by Crippen LogP contribution is 2.29. The summed E-state index contributed by atoms with van der Waals surface area (Å²) in [5.74, 6) is 7.16. The topological polar surface area (TPSA) is 32.7 Å². The van der Waals surface area contributed by atoms with Gasteiger partial charge in [-0.3, -0.25) is 4.90 Å². The Bertz CT molecular complexity index is 783. The minimum Gasteiger partial charge on any atom is -0.497 e. The molecule has 1 N–H and O–H groups in total. The van der Waals surface area contributed by atoms with Gasteiger partial charge in [0.05, 0.1) is 12.6 Å². The molecule has 2 rings (SSSR count). The number of ether oxygens (including phenoxy) is 1. The molecule has 1 atom stereocenters. The van der Waals surface area contributed by atoms with Crippen LogP contribution in [0.4, 0.5) is 0 Å². The van der Waals surface area contributed by atoms with Crippen LogP contribution >= 0.6 is 0 Å². The average molecular weight is 325 g/mol. The van der Waals surface area contributed by atoms with Gasteiger partial charge in [-0.15, -0.1) is 0 Å². The lowest BCUT2D eigenvalue weighted by atomic mass is 9.89. The number of rotatable bonds is 4. The molecule has 0 aliphatic heterocycles. The number of nitrogens with zero attached hydrogens (tertiary/aromatic N) is 1. The van der Waals surface area contributed by atoms with Crippen LogP contribution in [-0.4, -0.2) is 36.8 Å². The van der Waals surface area contributed by atoms with Crippen molar-refractivity contribution in [2.24, 2.45) is 0 Å². The molecule has 0 radical (unpaired) electrons. The van der Waals surface area contributed by atoms with E-state index in [0.29, 0.717) is 6.42 Å². The van der Waals surface area contributed by atoms with E-state index in [1.54, 1.807) is 7.11 Å². The summed E-state index contributed by atoms with van der Waals surface area (Å²) in [7, 11) is 5.64. The Kier molecular flexibility index (Phi) is 5.22. The maximum absolute atomic E-state index is 11.1. The van der Waals surface area contributed by atoms with Crippen LogP contribution in [0.2, 0.25) is 0 Å². The Morgan fingerprint density at radius 2 is 1.67 bits per heavy atom. The van der Waals surface area contributed by atoms with Crippen LogP contribution in [0.25, 0.3) is 10.8 Å². The first-order chi connectivity index (χ1) is 11.2. The maximum atomic E-state index is 11.1. The molecule has 1 unspecified atom stereocenters. The Morgan fingerprint density at radius 1 is 1.04 bits per heavy atom. The van der Waals surface area contributed by atoms with Gasteiger partial charge in [0.25, 0.3) is 0 Å². The van der Waals surface area contributed by atoms with E-state index in [1.807, 2.05) is 76.2 Å². The predicted octanol–water partition coefficient (Wildman–Crippen LogP) is 3.79. The molecule has 3 nitrogen and oxygen atoms in total. The highest BCUT2D eigenvalue weighted by Gasteiger charge is 2.26. The van der Waals surface area contributed by atoms with Crippen molar-refractivity contribution in [2.45, 2.75) is 38.3 Å². The van der Waals surface area contributed by atoms with E-state index < -0.39 is 5.60 Å². The van der Waals surface area contributed by atoms with Crippen molar-refractivity contribution in [3.05, 3.63) is 42.0 Å². The number of methoxy groups -OCH3 is 1. The van der Waals surface area contributed by atoms with Crippen LogP contribution < -0.4 is 4.74 Å². The van der Waals surface area contributed by atoms with Gasteiger partial charge >= 0.3 is 0 Å². The molecule has 0 fully saturated rings. The number of aliphatic hydroxyl groups is 1. The lowest BCUT2D eigenvalue weighted by Crippen LogP contribution is -2.37. The molecule has 0 saturated heterocycles. The molecular formula is C21H27NO2. The molecule has 2 aromatic rings. The summed E-state index contributed by atoms with van der Waals surface area (Å²) in [5, 5.41) is 13.2. The van der Waals surface area contributed by atoms with Gasteiger partial charge in [-0.25, -0.2) is 0 Å². The maximum Gasteiger partial charge on any atom is 0.150 e. The van der Waals surface area contributed by atoms with Crippen LogP contribution in [0, 0.1) is 11.8 Å². The summed E-state index contributed by atoms with van der Waals surface area (Å²) in [5.41, 5.74) is -0.626. The van der Waals surface area contributed by atoms with Crippen molar-refractivity contribution >= 4 is 10.8 Å². The monoisotopic (exact) mass is 325 g/mol.